The van der Waals surface area contributed by atoms with Gasteiger partial charge in [0.05, 0.1) is 12.2 Å². The normalized spacial score (nSPS) is 14.8. The first-order valence-corrected chi connectivity index (χ1v) is 4.37. The van der Waals surface area contributed by atoms with Crippen LogP contribution in [0, 0.1) is 0 Å². The molecule has 0 bridgehead atoms. The Morgan fingerprint density at radius 1 is 1.40 bits per heavy atom. The predicted octanol–water partition coefficient (Wildman–Crippen LogP) is 0.144. The zero-order valence-corrected chi connectivity index (χ0v) is 7.73. The summed E-state index contributed by atoms with van der Waals surface area (Å²) in [5.74, 6) is -1.27. The number of carboxylic acids is 1. The summed E-state index contributed by atoms with van der Waals surface area (Å²) in [6.45, 7) is 0.512. The van der Waals surface area contributed by atoms with Crippen molar-refractivity contribution in [1.82, 2.24) is 14.9 Å². The Labute approximate surface area is 84.4 Å². The van der Waals surface area contributed by atoms with Gasteiger partial charge < -0.3 is 20.1 Å². The summed E-state index contributed by atoms with van der Waals surface area (Å²) in [6.07, 6.45) is -0.539. The van der Waals surface area contributed by atoms with Crippen LogP contribution in [0.2, 0.25) is 0 Å². The van der Waals surface area contributed by atoms with E-state index in [2.05, 4.69) is 9.97 Å². The average molecular weight is 211 g/mol. The molecule has 0 saturated heterocycles. The van der Waals surface area contributed by atoms with Crippen LogP contribution in [-0.4, -0.2) is 43.7 Å². The van der Waals surface area contributed by atoms with Gasteiger partial charge in [-0.05, 0) is 0 Å². The number of aromatic amines is 1. The third-order valence-electron chi connectivity index (χ3n) is 2.31. The Bertz CT molecular complexity index is 426. The fourth-order valence-corrected chi connectivity index (χ4v) is 1.55. The van der Waals surface area contributed by atoms with Crippen LogP contribution in [0.5, 0.6) is 0 Å². The number of fused-ring (bicyclic) bond motifs is 1. The Balaban J connectivity index is 2.26. The maximum absolute atomic E-state index is 10.7. The second-order valence-electron chi connectivity index (χ2n) is 3.27. The largest absolute Gasteiger partial charge is 0.475 e. The minimum atomic E-state index is -1.13. The molecule has 1 amide bonds. The minimum absolute atomic E-state index is 0.132. The molecule has 1 aliphatic rings. The van der Waals surface area contributed by atoms with Crippen LogP contribution in [0.25, 0.3) is 0 Å². The van der Waals surface area contributed by atoms with Crippen LogP contribution in [0.3, 0.4) is 0 Å². The van der Waals surface area contributed by atoms with Crippen molar-refractivity contribution in [3.05, 3.63) is 17.2 Å². The summed E-state index contributed by atoms with van der Waals surface area (Å²) in [6, 6.07) is 0. The first-order chi connectivity index (χ1) is 7.08. The maximum Gasteiger partial charge on any atom is 0.407 e. The Hall–Kier alpha value is -2.05. The van der Waals surface area contributed by atoms with Crippen LogP contribution in [0.15, 0.2) is 0 Å². The van der Waals surface area contributed by atoms with Crippen molar-refractivity contribution in [3.8, 4) is 0 Å². The summed E-state index contributed by atoms with van der Waals surface area (Å²) >= 11 is 0. The molecule has 0 aromatic carbocycles. The van der Waals surface area contributed by atoms with E-state index in [4.69, 9.17) is 10.2 Å². The van der Waals surface area contributed by atoms with Crippen molar-refractivity contribution in [3.63, 3.8) is 0 Å². The summed E-state index contributed by atoms with van der Waals surface area (Å²) in [4.78, 5) is 29.0. The fraction of sp³-hybridized carbons (Fsp3) is 0.375. The standard InChI is InChI=1S/C8H9N3O4/c12-7(13)6-9-4-1-2-11(8(14)15)3-5(4)10-6/h1-3H2,(H,9,10)(H,12,13)(H,14,15). The van der Waals surface area contributed by atoms with E-state index in [0.29, 0.717) is 24.4 Å². The highest BCUT2D eigenvalue weighted by Crippen LogP contribution is 2.16. The van der Waals surface area contributed by atoms with E-state index in [-0.39, 0.29) is 12.4 Å². The van der Waals surface area contributed by atoms with Gasteiger partial charge in [0.1, 0.15) is 0 Å². The molecule has 80 valence electrons. The lowest BCUT2D eigenvalue weighted by Crippen LogP contribution is -2.34. The number of H-pyrrole nitrogens is 1. The van der Waals surface area contributed by atoms with Crippen LogP contribution in [0.1, 0.15) is 22.0 Å². The molecule has 0 spiro atoms. The average Bonchev–Trinajstić information content (AvgIpc) is 2.59. The third kappa shape index (κ3) is 1.63. The summed E-state index contributed by atoms with van der Waals surface area (Å²) in [5.41, 5.74) is 1.21. The Morgan fingerprint density at radius 2 is 2.13 bits per heavy atom. The van der Waals surface area contributed by atoms with Gasteiger partial charge in [-0.3, -0.25) is 0 Å². The first-order valence-electron chi connectivity index (χ1n) is 4.37. The van der Waals surface area contributed by atoms with Gasteiger partial charge in [-0.15, -0.1) is 0 Å². The molecule has 2 heterocycles. The highest BCUT2D eigenvalue weighted by Gasteiger charge is 2.24. The summed E-state index contributed by atoms with van der Waals surface area (Å²) < 4.78 is 0. The van der Waals surface area contributed by atoms with E-state index in [1.807, 2.05) is 0 Å². The van der Waals surface area contributed by atoms with Gasteiger partial charge in [-0.1, -0.05) is 0 Å². The lowest BCUT2D eigenvalue weighted by molar-refractivity contribution is 0.0684. The van der Waals surface area contributed by atoms with Crippen molar-refractivity contribution >= 4 is 12.1 Å². The molecule has 1 aromatic rings. The van der Waals surface area contributed by atoms with Crippen LogP contribution < -0.4 is 0 Å². The molecule has 2 rings (SSSR count). The molecule has 3 N–H and O–H groups in total. The summed E-state index contributed by atoms with van der Waals surface area (Å²) in [7, 11) is 0. The van der Waals surface area contributed by atoms with E-state index >= 15 is 0 Å². The van der Waals surface area contributed by atoms with Gasteiger partial charge in [0.15, 0.2) is 0 Å². The van der Waals surface area contributed by atoms with Gasteiger partial charge in [0.25, 0.3) is 0 Å². The lowest BCUT2D eigenvalue weighted by atomic mass is 10.1. The zero-order valence-electron chi connectivity index (χ0n) is 7.73. The number of hydrogen-bond acceptors (Lipinski definition) is 3. The molecule has 1 aromatic heterocycles. The highest BCUT2D eigenvalue weighted by molar-refractivity contribution is 5.83. The minimum Gasteiger partial charge on any atom is -0.475 e. The van der Waals surface area contributed by atoms with Crippen molar-refractivity contribution in [1.29, 1.82) is 0 Å². The van der Waals surface area contributed by atoms with Crippen molar-refractivity contribution in [2.24, 2.45) is 0 Å². The van der Waals surface area contributed by atoms with Gasteiger partial charge in [-0.2, -0.15) is 0 Å². The number of amides is 1. The number of imidazole rings is 1. The number of carboxylic acid groups (broad SMARTS) is 2. The van der Waals surface area contributed by atoms with Crippen LogP contribution >= 0.6 is 0 Å². The van der Waals surface area contributed by atoms with Crippen LogP contribution in [-0.2, 0) is 13.0 Å². The second-order valence-corrected chi connectivity index (χ2v) is 3.27. The molecule has 7 nitrogen and oxygen atoms in total. The smallest absolute Gasteiger partial charge is 0.407 e. The molecular formula is C8H9N3O4. The highest BCUT2D eigenvalue weighted by atomic mass is 16.4. The summed E-state index contributed by atoms with van der Waals surface area (Å²) in [5, 5.41) is 17.4. The number of rotatable bonds is 1. The fourth-order valence-electron chi connectivity index (χ4n) is 1.55. The van der Waals surface area contributed by atoms with Crippen LogP contribution in [0.4, 0.5) is 4.79 Å². The monoisotopic (exact) mass is 211 g/mol. The maximum atomic E-state index is 10.7. The number of aromatic carboxylic acids is 1. The van der Waals surface area contributed by atoms with Crippen molar-refractivity contribution in [2.45, 2.75) is 13.0 Å². The van der Waals surface area contributed by atoms with E-state index in [1.54, 1.807) is 0 Å². The quantitative estimate of drug-likeness (QED) is 0.612. The number of carbonyl (C=O) groups is 2. The van der Waals surface area contributed by atoms with Gasteiger partial charge in [0, 0.05) is 18.7 Å². The van der Waals surface area contributed by atoms with E-state index < -0.39 is 12.1 Å². The van der Waals surface area contributed by atoms with Gasteiger partial charge in [-0.25, -0.2) is 14.6 Å². The van der Waals surface area contributed by atoms with Gasteiger partial charge in [0.2, 0.25) is 5.82 Å². The third-order valence-corrected chi connectivity index (χ3v) is 2.31. The number of nitrogens with one attached hydrogen (secondary N) is 1. The molecule has 7 heteroatoms. The van der Waals surface area contributed by atoms with Crippen molar-refractivity contribution in [2.75, 3.05) is 6.54 Å². The number of hydrogen-bond donors (Lipinski definition) is 3. The number of aromatic nitrogens is 2. The van der Waals surface area contributed by atoms with Gasteiger partial charge >= 0.3 is 12.1 Å². The predicted molar refractivity (Wildman–Crippen MR) is 47.7 cm³/mol. The van der Waals surface area contributed by atoms with E-state index in [0.717, 1.165) is 0 Å². The number of nitrogens with zero attached hydrogens (tertiary/aromatic N) is 2. The molecule has 1 aliphatic heterocycles. The molecule has 0 atom stereocenters. The first kappa shape index (κ1) is 9.50. The molecule has 0 fully saturated rings. The Kier molecular flexibility index (Phi) is 2.07. The molecule has 0 radical (unpaired) electrons. The Morgan fingerprint density at radius 3 is 2.73 bits per heavy atom. The second kappa shape index (κ2) is 3.26. The topological polar surface area (TPSA) is 107 Å². The molecule has 15 heavy (non-hydrogen) atoms. The van der Waals surface area contributed by atoms with E-state index in [1.165, 1.54) is 4.90 Å². The molecule has 0 aliphatic carbocycles. The van der Waals surface area contributed by atoms with E-state index in [9.17, 15) is 9.59 Å². The molecular weight excluding hydrogens is 202 g/mol. The molecule has 0 unspecified atom stereocenters. The zero-order chi connectivity index (χ0) is 11.0. The lowest BCUT2D eigenvalue weighted by Gasteiger charge is -2.22. The van der Waals surface area contributed by atoms with Crippen molar-refractivity contribution < 1.29 is 19.8 Å². The SMILES string of the molecule is O=C(O)c1nc2c([nH]1)CCN(C(=O)O)C2. The molecule has 0 saturated carbocycles.